The van der Waals surface area contributed by atoms with Gasteiger partial charge in [0, 0.05) is 70.3 Å². The molecule has 0 spiro atoms. The smallest absolute Gasteiger partial charge is 0.305 e. The van der Waals surface area contributed by atoms with E-state index < -0.39 is 23.3 Å². The number of halogens is 3. The number of hydrogen-bond acceptors (Lipinski definition) is 20. The minimum absolute atomic E-state index is 0. The second-order valence-electron chi connectivity index (χ2n) is 33.6. The van der Waals surface area contributed by atoms with E-state index in [-0.39, 0.29) is 101 Å². The Hall–Kier alpha value is -4.28. The molecule has 2 aromatic rings. The molecule has 0 radical (unpaired) electrons. The summed E-state index contributed by atoms with van der Waals surface area (Å²) in [7, 11) is 4.48. The Morgan fingerprint density at radius 1 is 0.413 bits per heavy atom. The number of quaternary nitrogens is 1. The summed E-state index contributed by atoms with van der Waals surface area (Å²) in [6, 6.07) is 11.0. The molecule has 1 unspecified atom stereocenters. The predicted octanol–water partition coefficient (Wildman–Crippen LogP) is 13.3. The van der Waals surface area contributed by atoms with Gasteiger partial charge in [0.05, 0.1) is 213 Å². The van der Waals surface area contributed by atoms with Gasteiger partial charge in [0.25, 0.3) is 5.91 Å². The van der Waals surface area contributed by atoms with E-state index in [4.69, 9.17) is 89.5 Å². The number of carboxylic acid groups (broad SMARTS) is 1. The summed E-state index contributed by atoms with van der Waals surface area (Å²) >= 11 is 12.4. The first-order valence-corrected chi connectivity index (χ1v) is 48.9. The Morgan fingerprint density at radius 3 is 1.17 bits per heavy atom. The highest BCUT2D eigenvalue weighted by Gasteiger charge is 2.41. The number of amides is 5. The van der Waals surface area contributed by atoms with E-state index in [1.807, 2.05) is 0 Å². The number of benzene rings is 2. The fourth-order valence-corrected chi connectivity index (χ4v) is 15.4. The SMILES string of the molecule is CCCCCCCCCCCCCCCCOCC(C[N+](C)(C)CCCNC(=O)CCC(=O)NCCOCCOCCOCCOCCOCCOCCOCCOCCOCCOCCOCCOCCC(=O)NCCC1(C(=O)N[C@H](CC(=O)O)Cc2ccc(NC(=O)c3c(Cl)cccc3Cl)cc2)CCCC1)OCCCCCCCCCCCCCCCC.[Br-]. The summed E-state index contributed by atoms with van der Waals surface area (Å²) < 4.78 is 80.5. The van der Waals surface area contributed by atoms with Crippen molar-refractivity contribution in [2.24, 2.45) is 5.41 Å². The number of carbonyl (C=O) groups is 6. The summed E-state index contributed by atoms with van der Waals surface area (Å²) in [6.07, 6.45) is 42.3. The van der Waals surface area contributed by atoms with Gasteiger partial charge in [-0.1, -0.05) is 235 Å². The van der Waals surface area contributed by atoms with Crippen LogP contribution in [0.5, 0.6) is 0 Å². The van der Waals surface area contributed by atoms with Crippen molar-refractivity contribution in [3.63, 3.8) is 0 Å². The number of nitrogens with one attached hydrogen (secondary N) is 5. The number of carbonyl (C=O) groups excluding carboxylic acids is 5. The summed E-state index contributed by atoms with van der Waals surface area (Å²) in [5.74, 6) is -2.21. The number of rotatable bonds is 92. The molecule has 1 aliphatic rings. The quantitative estimate of drug-likeness (QED) is 0.0265. The number of anilines is 1. The average Bonchev–Trinajstić information content (AvgIpc) is 1.58. The van der Waals surface area contributed by atoms with Gasteiger partial charge in [-0.3, -0.25) is 28.8 Å². The van der Waals surface area contributed by atoms with Gasteiger partial charge >= 0.3 is 5.97 Å². The molecule has 6 N–H and O–H groups in total. The van der Waals surface area contributed by atoms with Crippen LogP contribution in [0.15, 0.2) is 42.5 Å². The average molecular weight is 1890 g/mol. The molecule has 2 atom stereocenters. The van der Waals surface area contributed by atoms with Crippen LogP contribution in [0.25, 0.3) is 0 Å². The Bertz CT molecular complexity index is 2920. The van der Waals surface area contributed by atoms with Crippen molar-refractivity contribution < 1.29 is 122 Å². The van der Waals surface area contributed by atoms with E-state index in [1.54, 1.807) is 42.5 Å². The number of carboxylic acids is 1. The molecule has 126 heavy (non-hydrogen) atoms. The molecule has 730 valence electrons. The number of hydrogen-bond donors (Lipinski definition) is 6. The van der Waals surface area contributed by atoms with Crippen LogP contribution in [0.4, 0.5) is 5.69 Å². The highest BCUT2D eigenvalue weighted by molar-refractivity contribution is 6.40. The zero-order valence-corrected chi connectivity index (χ0v) is 81.2. The van der Waals surface area contributed by atoms with E-state index >= 15 is 0 Å². The number of likely N-dealkylation sites (N-methyl/N-ethyl adjacent to an activating group) is 1. The topological polar surface area (TPSA) is 312 Å². The molecule has 1 aliphatic carbocycles. The van der Waals surface area contributed by atoms with Gasteiger partial charge in [0.1, 0.15) is 12.6 Å². The molecule has 27 nitrogen and oxygen atoms in total. The summed E-state index contributed by atoms with van der Waals surface area (Å²) in [5.41, 5.74) is 0.705. The number of aliphatic carboxylic acids is 1. The molecule has 1 saturated carbocycles. The van der Waals surface area contributed by atoms with E-state index in [2.05, 4.69) is 54.5 Å². The summed E-state index contributed by atoms with van der Waals surface area (Å²) in [4.78, 5) is 76.4. The van der Waals surface area contributed by atoms with Crippen LogP contribution in [-0.2, 0) is 96.7 Å². The molecule has 0 aliphatic heterocycles. The third-order valence-electron chi connectivity index (χ3n) is 22.1. The van der Waals surface area contributed by atoms with Crippen LogP contribution in [-0.4, -0.2) is 282 Å². The van der Waals surface area contributed by atoms with Crippen molar-refractivity contribution in [1.29, 1.82) is 0 Å². The van der Waals surface area contributed by atoms with Gasteiger partial charge < -0.3 is 119 Å². The van der Waals surface area contributed by atoms with Crippen LogP contribution in [0.1, 0.15) is 274 Å². The van der Waals surface area contributed by atoms with Gasteiger partial charge in [0.2, 0.25) is 23.6 Å². The van der Waals surface area contributed by atoms with Crippen molar-refractivity contribution >= 4 is 64.4 Å². The maximum absolute atomic E-state index is 13.8. The van der Waals surface area contributed by atoms with E-state index in [1.165, 1.54) is 167 Å². The third kappa shape index (κ3) is 68.7. The van der Waals surface area contributed by atoms with Crippen molar-refractivity contribution in [3.8, 4) is 0 Å². The Balaban J connectivity index is 0.0000538. The lowest BCUT2D eigenvalue weighted by Gasteiger charge is -2.33. The molecular formula is C96H169BrCl2N6O21. The van der Waals surface area contributed by atoms with Gasteiger partial charge in [0.15, 0.2) is 0 Å². The molecule has 2 aromatic carbocycles. The third-order valence-corrected chi connectivity index (χ3v) is 22.7. The molecule has 0 aromatic heterocycles. The predicted molar refractivity (Wildman–Crippen MR) is 495 cm³/mol. The van der Waals surface area contributed by atoms with Crippen molar-refractivity contribution in [1.82, 2.24) is 21.3 Å². The molecule has 5 amide bonds. The molecular weight excluding hydrogens is 1720 g/mol. The largest absolute Gasteiger partial charge is 1.00 e. The van der Waals surface area contributed by atoms with Crippen molar-refractivity contribution in [2.75, 3.05) is 231 Å². The second-order valence-corrected chi connectivity index (χ2v) is 34.4. The van der Waals surface area contributed by atoms with E-state index in [0.29, 0.717) is 203 Å². The Labute approximate surface area is 778 Å². The zero-order chi connectivity index (χ0) is 90.1. The first-order chi connectivity index (χ1) is 61.1. The molecule has 0 bridgehead atoms. The normalized spacial score (nSPS) is 13.1. The van der Waals surface area contributed by atoms with Crippen LogP contribution < -0.4 is 43.6 Å². The Kier molecular flexibility index (Phi) is 78.3. The molecule has 0 saturated heterocycles. The highest BCUT2D eigenvalue weighted by Crippen LogP contribution is 2.41. The maximum atomic E-state index is 13.8. The van der Waals surface area contributed by atoms with Crippen molar-refractivity contribution in [2.45, 2.75) is 276 Å². The summed E-state index contributed by atoms with van der Waals surface area (Å²) in [6.45, 7) is 19.6. The lowest BCUT2D eigenvalue weighted by Crippen LogP contribution is -3.00. The first kappa shape index (κ1) is 118. The van der Waals surface area contributed by atoms with Gasteiger partial charge in [-0.15, -0.1) is 0 Å². The van der Waals surface area contributed by atoms with Crippen LogP contribution >= 0.6 is 23.2 Å². The fourth-order valence-electron chi connectivity index (χ4n) is 14.9. The van der Waals surface area contributed by atoms with E-state index in [0.717, 1.165) is 68.5 Å². The van der Waals surface area contributed by atoms with Crippen LogP contribution in [0.3, 0.4) is 0 Å². The zero-order valence-electron chi connectivity index (χ0n) is 78.1. The van der Waals surface area contributed by atoms with Gasteiger partial charge in [-0.05, 0) is 68.4 Å². The fraction of sp³-hybridized carbons (Fsp3) is 0.812. The minimum atomic E-state index is -1.04. The molecule has 1 fully saturated rings. The van der Waals surface area contributed by atoms with Crippen LogP contribution in [0.2, 0.25) is 10.0 Å². The highest BCUT2D eigenvalue weighted by atomic mass is 79.9. The first-order valence-electron chi connectivity index (χ1n) is 48.2. The number of unbranched alkanes of at least 4 members (excludes halogenated alkanes) is 26. The molecule has 30 heteroatoms. The number of nitrogens with zero attached hydrogens (tertiary/aromatic N) is 1. The lowest BCUT2D eigenvalue weighted by molar-refractivity contribution is -0.893. The van der Waals surface area contributed by atoms with Gasteiger partial charge in [-0.25, -0.2) is 0 Å². The van der Waals surface area contributed by atoms with Crippen LogP contribution in [0, 0.1) is 5.41 Å². The van der Waals surface area contributed by atoms with Gasteiger partial charge in [-0.2, -0.15) is 0 Å². The van der Waals surface area contributed by atoms with E-state index in [9.17, 15) is 33.9 Å². The standard InChI is InChI=1S/C96H168Cl2N6O21.BrH/c1-5-7-9-11-13-15-17-19-21-23-25-27-29-33-53-124-82-86(125-54-34-30-28-26-24-22-20-18-16-14-12-10-8-6-2)81-104(3,4)52-36-49-99-89(105)43-44-90(106)101-51-56-113-58-60-115-62-64-117-66-68-119-70-72-121-74-76-123-78-77-122-75-73-120-71-69-118-67-65-116-63-61-114-59-57-112-55-45-91(107)100-50-48-96(46-31-32-47-96)95(111)103-85(80-92(108)109)79-83-39-41-84(42-40-83)102-94(110)93-87(97)37-35-38-88(93)98;/h35,37-42,85-86H,5-34,36,43-82H2,1-4H3,(H5-,99,100,101,102,103,105,106,107,108,109,110,111);1H/t85-,86?;/m0./s1. The minimum Gasteiger partial charge on any atom is -1.00 e. The Morgan fingerprint density at radius 2 is 0.770 bits per heavy atom. The monoisotopic (exact) mass is 1890 g/mol. The summed E-state index contributed by atoms with van der Waals surface area (Å²) in [5, 5.41) is 24.7. The maximum Gasteiger partial charge on any atom is 0.305 e. The lowest BCUT2D eigenvalue weighted by atomic mass is 9.81. The molecule has 0 heterocycles. The second kappa shape index (κ2) is 83.8. The number of ether oxygens (including phenoxy) is 14. The molecule has 3 rings (SSSR count). The van der Waals surface area contributed by atoms with Crippen molar-refractivity contribution in [3.05, 3.63) is 63.6 Å².